The van der Waals surface area contributed by atoms with Gasteiger partial charge in [-0.1, -0.05) is 45.8 Å². The smallest absolute Gasteiger partial charge is 0.261 e. The van der Waals surface area contributed by atoms with Gasteiger partial charge in [-0.05, 0) is 56.5 Å². The van der Waals surface area contributed by atoms with Gasteiger partial charge in [-0.2, -0.15) is 0 Å². The van der Waals surface area contributed by atoms with Gasteiger partial charge in [0.2, 0.25) is 5.91 Å². The van der Waals surface area contributed by atoms with Crippen molar-refractivity contribution in [2.75, 3.05) is 13.7 Å². The molecule has 2 aromatic carbocycles. The Morgan fingerprint density at radius 3 is 2.21 bits per heavy atom. The summed E-state index contributed by atoms with van der Waals surface area (Å²) >= 11 is 3.53. The zero-order valence-electron chi connectivity index (χ0n) is 17.0. The maximum atomic E-state index is 12.9. The van der Waals surface area contributed by atoms with Gasteiger partial charge < -0.3 is 15.0 Å². The number of halogens is 1. The third kappa shape index (κ3) is 5.58. The molecule has 1 unspecified atom stereocenters. The highest BCUT2D eigenvalue weighted by Gasteiger charge is 2.25. The fourth-order valence-corrected chi connectivity index (χ4v) is 3.13. The molecule has 0 aromatic heterocycles. The number of carbonyl (C=O) groups excluding carboxylic acids is 2. The summed E-state index contributed by atoms with van der Waals surface area (Å²) in [6.45, 7) is 7.89. The summed E-state index contributed by atoms with van der Waals surface area (Å²) < 4.78 is 6.77. The number of likely N-dealkylation sites (N-methyl/N-ethyl adjacent to an activating group) is 1. The fourth-order valence-electron chi connectivity index (χ4n) is 2.90. The number of benzene rings is 2. The molecule has 150 valence electrons. The van der Waals surface area contributed by atoms with Gasteiger partial charge in [0.25, 0.3) is 5.91 Å². The fraction of sp³-hybridized carbons (Fsp3) is 0.364. The third-order valence-corrected chi connectivity index (χ3v) is 5.91. The van der Waals surface area contributed by atoms with Crippen LogP contribution in [-0.2, 0) is 16.1 Å². The van der Waals surface area contributed by atoms with Gasteiger partial charge in [0.1, 0.15) is 11.8 Å². The summed E-state index contributed by atoms with van der Waals surface area (Å²) in [5, 5.41) is 2.61. The normalized spacial score (nSPS) is 11.6. The van der Waals surface area contributed by atoms with E-state index in [-0.39, 0.29) is 18.4 Å². The van der Waals surface area contributed by atoms with Crippen LogP contribution in [-0.4, -0.2) is 36.4 Å². The number of hydrogen-bond donors (Lipinski definition) is 1. The van der Waals surface area contributed by atoms with E-state index >= 15 is 0 Å². The average molecular weight is 447 g/mol. The molecule has 0 radical (unpaired) electrons. The highest BCUT2D eigenvalue weighted by atomic mass is 79.9. The van der Waals surface area contributed by atoms with E-state index in [0.717, 1.165) is 26.7 Å². The van der Waals surface area contributed by atoms with Crippen LogP contribution < -0.4 is 10.1 Å². The van der Waals surface area contributed by atoms with E-state index in [0.29, 0.717) is 12.3 Å². The van der Waals surface area contributed by atoms with Crippen molar-refractivity contribution in [3.63, 3.8) is 0 Å². The monoisotopic (exact) mass is 446 g/mol. The Labute approximate surface area is 175 Å². The Bertz CT molecular complexity index is 826. The molecule has 2 amide bonds. The van der Waals surface area contributed by atoms with Crippen molar-refractivity contribution in [2.24, 2.45) is 0 Å². The minimum absolute atomic E-state index is 0.131. The largest absolute Gasteiger partial charge is 0.484 e. The molecule has 0 heterocycles. The van der Waals surface area contributed by atoms with E-state index in [1.807, 2.05) is 57.2 Å². The molecule has 0 spiro atoms. The van der Waals surface area contributed by atoms with Crippen molar-refractivity contribution in [2.45, 2.75) is 40.3 Å². The van der Waals surface area contributed by atoms with Crippen LogP contribution in [0.5, 0.6) is 5.75 Å². The lowest BCUT2D eigenvalue weighted by Gasteiger charge is -2.28. The Balaban J connectivity index is 2.16. The molecule has 28 heavy (non-hydrogen) atoms. The van der Waals surface area contributed by atoms with Crippen molar-refractivity contribution in [1.82, 2.24) is 10.2 Å². The van der Waals surface area contributed by atoms with Crippen LogP contribution in [0.2, 0.25) is 0 Å². The molecule has 0 bridgehead atoms. The second kappa shape index (κ2) is 9.73. The van der Waals surface area contributed by atoms with Gasteiger partial charge in [-0.15, -0.1) is 0 Å². The molecule has 6 heteroatoms. The number of nitrogens with one attached hydrogen (secondary N) is 1. The summed E-state index contributed by atoms with van der Waals surface area (Å²) in [4.78, 5) is 26.6. The molecular formula is C22H27BrN2O3. The first-order chi connectivity index (χ1) is 13.2. The van der Waals surface area contributed by atoms with Crippen LogP contribution in [0.25, 0.3) is 0 Å². The number of rotatable bonds is 7. The van der Waals surface area contributed by atoms with Crippen molar-refractivity contribution >= 4 is 27.7 Å². The first-order valence-corrected chi connectivity index (χ1v) is 9.98. The molecule has 0 aliphatic carbocycles. The van der Waals surface area contributed by atoms with Crippen molar-refractivity contribution in [1.29, 1.82) is 0 Å². The van der Waals surface area contributed by atoms with Crippen LogP contribution in [0, 0.1) is 20.8 Å². The predicted molar refractivity (Wildman–Crippen MR) is 114 cm³/mol. The van der Waals surface area contributed by atoms with E-state index in [9.17, 15) is 9.59 Å². The number of carbonyl (C=O) groups is 2. The van der Waals surface area contributed by atoms with E-state index in [2.05, 4.69) is 21.2 Å². The SMILES string of the molecule is CNC(=O)C(C)N(Cc1ccc(C)cc1)C(=O)COc1cc(C)c(Br)c(C)c1. The Morgan fingerprint density at radius 2 is 1.68 bits per heavy atom. The first-order valence-electron chi connectivity index (χ1n) is 9.19. The zero-order chi connectivity index (χ0) is 20.8. The molecule has 0 fully saturated rings. The summed E-state index contributed by atoms with van der Waals surface area (Å²) in [6, 6.07) is 11.1. The Kier molecular flexibility index (Phi) is 7.63. The highest BCUT2D eigenvalue weighted by molar-refractivity contribution is 9.10. The first kappa shape index (κ1) is 22.0. The van der Waals surface area contributed by atoms with E-state index in [1.54, 1.807) is 18.9 Å². The standard InChI is InChI=1S/C22H27BrN2O3/c1-14-6-8-18(9-7-14)12-25(17(4)22(27)24-5)20(26)13-28-19-10-15(2)21(23)16(3)11-19/h6-11,17H,12-13H2,1-5H3,(H,24,27). The van der Waals surface area contributed by atoms with E-state index < -0.39 is 6.04 Å². The summed E-state index contributed by atoms with van der Waals surface area (Å²) in [7, 11) is 1.57. The van der Waals surface area contributed by atoms with Gasteiger partial charge in [-0.3, -0.25) is 9.59 Å². The molecule has 2 rings (SSSR count). The van der Waals surface area contributed by atoms with Gasteiger partial charge in [-0.25, -0.2) is 0 Å². The highest BCUT2D eigenvalue weighted by Crippen LogP contribution is 2.26. The van der Waals surface area contributed by atoms with Crippen molar-refractivity contribution in [3.8, 4) is 5.75 Å². The maximum Gasteiger partial charge on any atom is 0.261 e. The van der Waals surface area contributed by atoms with Gasteiger partial charge in [0, 0.05) is 18.1 Å². The molecule has 0 saturated carbocycles. The quantitative estimate of drug-likeness (QED) is 0.700. The number of aryl methyl sites for hydroxylation is 3. The topological polar surface area (TPSA) is 58.6 Å². The van der Waals surface area contributed by atoms with Crippen LogP contribution >= 0.6 is 15.9 Å². The predicted octanol–water partition coefficient (Wildman–Crippen LogP) is 3.92. The number of amides is 2. The maximum absolute atomic E-state index is 12.9. The van der Waals surface area contributed by atoms with Crippen LogP contribution in [0.1, 0.15) is 29.2 Å². The Morgan fingerprint density at radius 1 is 1.11 bits per heavy atom. The van der Waals surface area contributed by atoms with Crippen LogP contribution in [0.15, 0.2) is 40.9 Å². The number of hydrogen-bond acceptors (Lipinski definition) is 3. The minimum Gasteiger partial charge on any atom is -0.484 e. The minimum atomic E-state index is -0.601. The molecular weight excluding hydrogens is 420 g/mol. The molecule has 1 N–H and O–H groups in total. The molecule has 0 saturated heterocycles. The summed E-state index contributed by atoms with van der Waals surface area (Å²) in [5.41, 5.74) is 4.19. The lowest BCUT2D eigenvalue weighted by Crippen LogP contribution is -2.48. The number of nitrogens with zero attached hydrogens (tertiary/aromatic N) is 1. The zero-order valence-corrected chi connectivity index (χ0v) is 18.6. The molecule has 0 aliphatic rings. The average Bonchev–Trinajstić information content (AvgIpc) is 2.68. The molecule has 5 nitrogen and oxygen atoms in total. The molecule has 0 aliphatic heterocycles. The van der Waals surface area contributed by atoms with Crippen molar-refractivity contribution < 1.29 is 14.3 Å². The van der Waals surface area contributed by atoms with Gasteiger partial charge in [0.15, 0.2) is 6.61 Å². The second-order valence-corrected chi connectivity index (χ2v) is 7.75. The van der Waals surface area contributed by atoms with Gasteiger partial charge in [0.05, 0.1) is 0 Å². The summed E-state index contributed by atoms with van der Waals surface area (Å²) in [6.07, 6.45) is 0. The number of ether oxygens (including phenoxy) is 1. The van der Waals surface area contributed by atoms with Crippen LogP contribution in [0.4, 0.5) is 0 Å². The van der Waals surface area contributed by atoms with Crippen molar-refractivity contribution in [3.05, 3.63) is 63.1 Å². The third-order valence-electron chi connectivity index (χ3n) is 4.66. The Hall–Kier alpha value is -2.34. The lowest BCUT2D eigenvalue weighted by atomic mass is 10.1. The summed E-state index contributed by atoms with van der Waals surface area (Å²) in [5.74, 6) is 0.181. The van der Waals surface area contributed by atoms with E-state index in [1.165, 1.54) is 0 Å². The molecule has 1 atom stereocenters. The van der Waals surface area contributed by atoms with Crippen LogP contribution in [0.3, 0.4) is 0 Å². The van der Waals surface area contributed by atoms with E-state index in [4.69, 9.17) is 4.74 Å². The lowest BCUT2D eigenvalue weighted by molar-refractivity contribution is -0.142. The second-order valence-electron chi connectivity index (χ2n) is 6.96. The molecule has 2 aromatic rings. The van der Waals surface area contributed by atoms with Gasteiger partial charge >= 0.3 is 0 Å².